The van der Waals surface area contributed by atoms with E-state index < -0.39 is 0 Å². The summed E-state index contributed by atoms with van der Waals surface area (Å²) in [6.45, 7) is 8.32. The van der Waals surface area contributed by atoms with Crippen LogP contribution in [0.1, 0.15) is 12.5 Å². The summed E-state index contributed by atoms with van der Waals surface area (Å²) in [5.41, 5.74) is 2.54. The topological polar surface area (TPSA) is 58.4 Å². The molecule has 6 heteroatoms. The molecule has 1 aliphatic heterocycles. The molecular weight excluding hydrogens is 316 g/mol. The largest absolute Gasteiger partial charge is 0.339 e. The molecule has 0 N–H and O–H groups in total. The second-order valence-corrected chi connectivity index (χ2v) is 6.40. The zero-order chi connectivity index (χ0) is 17.8. The molecule has 0 unspecified atom stereocenters. The molecule has 25 heavy (non-hydrogen) atoms. The highest BCUT2D eigenvalue weighted by molar-refractivity contribution is 5.76. The first-order chi connectivity index (χ1) is 12.1. The van der Waals surface area contributed by atoms with Gasteiger partial charge >= 0.3 is 0 Å². The predicted octanol–water partition coefficient (Wildman–Crippen LogP) is 1.38. The highest BCUT2D eigenvalue weighted by atomic mass is 16.2. The summed E-state index contributed by atoms with van der Waals surface area (Å²) in [6.07, 6.45) is 0. The quantitative estimate of drug-likeness (QED) is 0.844. The molecular formula is C19H24N4O2. The predicted molar refractivity (Wildman–Crippen MR) is 97.4 cm³/mol. The van der Waals surface area contributed by atoms with Crippen LogP contribution in [0.15, 0.2) is 41.2 Å². The van der Waals surface area contributed by atoms with E-state index in [2.05, 4.69) is 16.9 Å². The molecule has 0 aliphatic carbocycles. The maximum Gasteiger partial charge on any atom is 0.267 e. The first kappa shape index (κ1) is 17.4. The van der Waals surface area contributed by atoms with Gasteiger partial charge in [0.2, 0.25) is 5.91 Å². The van der Waals surface area contributed by atoms with Gasteiger partial charge in [-0.25, -0.2) is 4.68 Å². The molecule has 1 aromatic carbocycles. The van der Waals surface area contributed by atoms with E-state index in [1.165, 1.54) is 16.3 Å². The van der Waals surface area contributed by atoms with E-state index in [9.17, 15) is 9.59 Å². The number of likely N-dealkylation sites (N-methyl/N-ethyl adjacent to an activating group) is 1. The summed E-state index contributed by atoms with van der Waals surface area (Å²) in [6, 6.07) is 11.1. The van der Waals surface area contributed by atoms with Crippen molar-refractivity contribution in [3.05, 3.63) is 52.3 Å². The van der Waals surface area contributed by atoms with Crippen LogP contribution in [0.25, 0.3) is 11.3 Å². The minimum Gasteiger partial charge on any atom is -0.339 e. The lowest BCUT2D eigenvalue weighted by atomic mass is 10.1. The highest BCUT2D eigenvalue weighted by Gasteiger charge is 2.21. The molecule has 2 heterocycles. The Morgan fingerprint density at radius 1 is 1.04 bits per heavy atom. The lowest BCUT2D eigenvalue weighted by Crippen LogP contribution is -2.49. The summed E-state index contributed by atoms with van der Waals surface area (Å²) in [7, 11) is 0. The van der Waals surface area contributed by atoms with E-state index in [-0.39, 0.29) is 18.0 Å². The van der Waals surface area contributed by atoms with Crippen molar-refractivity contribution in [1.82, 2.24) is 19.6 Å². The number of amides is 1. The summed E-state index contributed by atoms with van der Waals surface area (Å²) in [4.78, 5) is 28.7. The van der Waals surface area contributed by atoms with Gasteiger partial charge in [-0.2, -0.15) is 5.10 Å². The summed E-state index contributed by atoms with van der Waals surface area (Å²) in [5, 5.41) is 4.38. The molecule has 0 spiro atoms. The summed E-state index contributed by atoms with van der Waals surface area (Å²) >= 11 is 0. The summed E-state index contributed by atoms with van der Waals surface area (Å²) in [5.74, 6) is -0.0496. The minimum absolute atomic E-state index is 0.00927. The molecule has 6 nitrogen and oxygen atoms in total. The fraction of sp³-hybridized carbons (Fsp3) is 0.421. The van der Waals surface area contributed by atoms with Crippen molar-refractivity contribution in [1.29, 1.82) is 0 Å². The molecule has 2 aromatic rings. The van der Waals surface area contributed by atoms with Crippen LogP contribution in [0.2, 0.25) is 0 Å². The number of aryl methyl sites for hydroxylation is 1. The van der Waals surface area contributed by atoms with Crippen molar-refractivity contribution in [2.24, 2.45) is 0 Å². The Bertz CT molecular complexity index is 790. The maximum atomic E-state index is 12.5. The first-order valence-corrected chi connectivity index (χ1v) is 8.72. The second kappa shape index (κ2) is 7.61. The fourth-order valence-corrected chi connectivity index (χ4v) is 2.98. The van der Waals surface area contributed by atoms with E-state index in [0.29, 0.717) is 18.8 Å². The first-order valence-electron chi connectivity index (χ1n) is 8.72. The molecule has 0 radical (unpaired) electrons. The Balaban J connectivity index is 1.74. The Hall–Kier alpha value is -2.47. The van der Waals surface area contributed by atoms with Crippen molar-refractivity contribution >= 4 is 5.91 Å². The van der Waals surface area contributed by atoms with Gasteiger partial charge in [-0.1, -0.05) is 36.8 Å². The molecule has 1 aromatic heterocycles. The molecule has 1 saturated heterocycles. The molecule has 0 bridgehead atoms. The molecule has 1 amide bonds. The van der Waals surface area contributed by atoms with E-state index in [1.807, 2.05) is 36.1 Å². The lowest BCUT2D eigenvalue weighted by Gasteiger charge is -2.34. The van der Waals surface area contributed by atoms with Gasteiger partial charge in [-0.05, 0) is 19.5 Å². The zero-order valence-electron chi connectivity index (χ0n) is 14.8. The Morgan fingerprint density at radius 2 is 1.72 bits per heavy atom. The van der Waals surface area contributed by atoms with E-state index in [4.69, 9.17) is 0 Å². The third-order valence-corrected chi connectivity index (χ3v) is 4.67. The van der Waals surface area contributed by atoms with E-state index in [0.717, 1.165) is 25.2 Å². The van der Waals surface area contributed by atoms with Gasteiger partial charge in [0.25, 0.3) is 5.56 Å². The van der Waals surface area contributed by atoms with Crippen LogP contribution in [0, 0.1) is 6.92 Å². The van der Waals surface area contributed by atoms with Crippen molar-refractivity contribution in [2.75, 3.05) is 32.7 Å². The normalized spacial score (nSPS) is 15.4. The maximum absolute atomic E-state index is 12.5. The number of hydrogen-bond donors (Lipinski definition) is 0. The third kappa shape index (κ3) is 4.14. The SMILES string of the molecule is CCN1CCN(C(=O)Cn2nc(-c3ccc(C)cc3)ccc2=O)CC1. The van der Waals surface area contributed by atoms with Gasteiger partial charge in [-0.15, -0.1) is 0 Å². The number of nitrogens with zero attached hydrogens (tertiary/aromatic N) is 4. The molecule has 0 atom stereocenters. The van der Waals surface area contributed by atoms with Crippen molar-refractivity contribution in [3.8, 4) is 11.3 Å². The van der Waals surface area contributed by atoms with Gasteiger partial charge in [-0.3, -0.25) is 9.59 Å². The van der Waals surface area contributed by atoms with Crippen LogP contribution in [0.5, 0.6) is 0 Å². The smallest absolute Gasteiger partial charge is 0.267 e. The average Bonchev–Trinajstić information content (AvgIpc) is 2.64. The number of rotatable bonds is 4. The van der Waals surface area contributed by atoms with Gasteiger partial charge in [0.15, 0.2) is 0 Å². The van der Waals surface area contributed by atoms with Crippen LogP contribution in [-0.2, 0) is 11.3 Å². The fourth-order valence-electron chi connectivity index (χ4n) is 2.98. The average molecular weight is 340 g/mol. The number of hydrogen-bond acceptors (Lipinski definition) is 4. The van der Waals surface area contributed by atoms with Crippen LogP contribution in [0.3, 0.4) is 0 Å². The molecule has 1 fully saturated rings. The number of carbonyl (C=O) groups excluding carboxylic acids is 1. The van der Waals surface area contributed by atoms with Crippen molar-refractivity contribution in [3.63, 3.8) is 0 Å². The second-order valence-electron chi connectivity index (χ2n) is 6.40. The minimum atomic E-state index is -0.253. The Kier molecular flexibility index (Phi) is 5.28. The lowest BCUT2D eigenvalue weighted by molar-refractivity contribution is -0.133. The number of benzene rings is 1. The van der Waals surface area contributed by atoms with Gasteiger partial charge in [0.1, 0.15) is 6.54 Å². The zero-order valence-corrected chi connectivity index (χ0v) is 14.8. The molecule has 3 rings (SSSR count). The van der Waals surface area contributed by atoms with Crippen LogP contribution < -0.4 is 5.56 Å². The number of aromatic nitrogens is 2. The van der Waals surface area contributed by atoms with Crippen LogP contribution >= 0.6 is 0 Å². The van der Waals surface area contributed by atoms with E-state index in [1.54, 1.807) is 6.07 Å². The Labute approximate surface area is 147 Å². The number of piperazine rings is 1. The third-order valence-electron chi connectivity index (χ3n) is 4.67. The molecule has 132 valence electrons. The molecule has 0 saturated carbocycles. The number of carbonyl (C=O) groups is 1. The van der Waals surface area contributed by atoms with Gasteiger partial charge < -0.3 is 9.80 Å². The van der Waals surface area contributed by atoms with Crippen molar-refractivity contribution in [2.45, 2.75) is 20.4 Å². The van der Waals surface area contributed by atoms with E-state index >= 15 is 0 Å². The van der Waals surface area contributed by atoms with Crippen LogP contribution in [-0.4, -0.2) is 58.2 Å². The Morgan fingerprint density at radius 3 is 2.36 bits per heavy atom. The standard InChI is InChI=1S/C19H24N4O2/c1-3-21-10-12-22(13-11-21)19(25)14-23-18(24)9-8-17(20-23)16-6-4-15(2)5-7-16/h4-9H,3,10-14H2,1-2H3. The van der Waals surface area contributed by atoms with Crippen molar-refractivity contribution < 1.29 is 4.79 Å². The van der Waals surface area contributed by atoms with Crippen LogP contribution in [0.4, 0.5) is 0 Å². The molecule has 1 aliphatic rings. The highest BCUT2D eigenvalue weighted by Crippen LogP contribution is 2.15. The monoisotopic (exact) mass is 340 g/mol. The summed E-state index contributed by atoms with van der Waals surface area (Å²) < 4.78 is 1.27. The van der Waals surface area contributed by atoms with Gasteiger partial charge in [0, 0.05) is 37.8 Å². The van der Waals surface area contributed by atoms with Gasteiger partial charge in [0.05, 0.1) is 5.69 Å².